The largest absolute Gasteiger partial charge is 0.402 e. The van der Waals surface area contributed by atoms with E-state index in [0.29, 0.717) is 5.41 Å². The molecule has 0 N–H and O–H groups in total. The maximum Gasteiger partial charge on any atom is 0.402 e. The van der Waals surface area contributed by atoms with Crippen molar-refractivity contribution in [2.24, 2.45) is 46.3 Å². The van der Waals surface area contributed by atoms with Crippen molar-refractivity contribution in [1.29, 1.82) is 0 Å². The Morgan fingerprint density at radius 1 is 0.632 bits per heavy atom. The highest BCUT2D eigenvalue weighted by Gasteiger charge is 2.64. The Kier molecular flexibility index (Phi) is 34.3. The molecule has 0 aliphatic heterocycles. The number of ether oxygens (including phenoxy) is 1. The lowest BCUT2D eigenvalue weighted by Gasteiger charge is -2.29. The maximum atomic E-state index is 11.6. The molecule has 9 heteroatoms. The smallest absolute Gasteiger partial charge is 0.388 e. The fourth-order valence-corrected chi connectivity index (χ4v) is 5.92. The Labute approximate surface area is 353 Å². The molecule has 0 saturated heterocycles. The minimum absolute atomic E-state index is 0.104. The van der Waals surface area contributed by atoms with E-state index in [2.05, 4.69) is 140 Å². The lowest BCUT2D eigenvalue weighted by molar-refractivity contribution is -0.327. The van der Waals surface area contributed by atoms with E-state index in [1.54, 1.807) is 58.8 Å². The van der Waals surface area contributed by atoms with Gasteiger partial charge in [0.05, 0.1) is 0 Å². The van der Waals surface area contributed by atoms with E-state index in [0.717, 1.165) is 11.8 Å². The van der Waals surface area contributed by atoms with Gasteiger partial charge < -0.3 is 4.74 Å². The molecule has 0 amide bonds. The average Bonchev–Trinajstić information content (AvgIpc) is 3.71. The van der Waals surface area contributed by atoms with E-state index >= 15 is 0 Å². The van der Waals surface area contributed by atoms with Crippen molar-refractivity contribution in [1.82, 2.24) is 0 Å². The van der Waals surface area contributed by atoms with E-state index in [1.165, 1.54) is 41.2 Å². The van der Waals surface area contributed by atoms with Gasteiger partial charge in [0.1, 0.15) is 0 Å². The third-order valence-electron chi connectivity index (χ3n) is 8.66. The predicted molar refractivity (Wildman–Crippen MR) is 242 cm³/mol. The number of halogens is 6. The maximum absolute atomic E-state index is 11.6. The molecule has 346 valence electrons. The van der Waals surface area contributed by atoms with Crippen LogP contribution in [0, 0.1) is 46.3 Å². The molecule has 0 heterocycles. The summed E-state index contributed by atoms with van der Waals surface area (Å²) in [6, 6.07) is 9.00. The van der Waals surface area contributed by atoms with Gasteiger partial charge in [-0.05, 0) is 109 Å². The van der Waals surface area contributed by atoms with Gasteiger partial charge in [0.2, 0.25) is 0 Å². The molecular formula is C48H94F6O2S. The van der Waals surface area contributed by atoms with Crippen molar-refractivity contribution in [3.63, 3.8) is 0 Å². The van der Waals surface area contributed by atoms with Crippen molar-refractivity contribution in [2.45, 2.75) is 200 Å². The molecule has 1 aromatic rings. The zero-order valence-electron chi connectivity index (χ0n) is 41.5. The first-order chi connectivity index (χ1) is 25.3. The SMILES string of the molecule is CC.CC(C)(C(F)(F)F)C(F)(F)F.CC(C)(C)C.CC(C)(C)c1ccc(C(C)(C)C)cc1.CC(C)C.CC1CC2C3CCC(C3)C2C1.CCC.COC.CS(C)=O. The van der Waals surface area contributed by atoms with Gasteiger partial charge in [0.15, 0.2) is 5.41 Å². The molecule has 0 spiro atoms. The average molecular weight is 849 g/mol. The summed E-state index contributed by atoms with van der Waals surface area (Å²) in [7, 11) is 2.64. The van der Waals surface area contributed by atoms with Crippen LogP contribution in [0.1, 0.15) is 188 Å². The molecule has 3 aliphatic carbocycles. The third-order valence-corrected chi connectivity index (χ3v) is 8.66. The molecule has 57 heavy (non-hydrogen) atoms. The van der Waals surface area contributed by atoms with Crippen LogP contribution in [0.15, 0.2) is 24.3 Å². The summed E-state index contributed by atoms with van der Waals surface area (Å²) in [4.78, 5) is 0. The first kappa shape index (κ1) is 65.0. The minimum atomic E-state index is -5.24. The molecule has 3 fully saturated rings. The van der Waals surface area contributed by atoms with Gasteiger partial charge in [-0.15, -0.1) is 0 Å². The summed E-state index contributed by atoms with van der Waals surface area (Å²) in [5.41, 5.74) is 0.211. The first-order valence-corrected chi connectivity index (χ1v) is 23.2. The first-order valence-electron chi connectivity index (χ1n) is 21.2. The second-order valence-electron chi connectivity index (χ2n) is 20.5. The van der Waals surface area contributed by atoms with Crippen LogP contribution < -0.4 is 0 Å². The topological polar surface area (TPSA) is 26.3 Å². The number of methoxy groups -OCH3 is 1. The van der Waals surface area contributed by atoms with Crippen LogP contribution in [0.5, 0.6) is 0 Å². The van der Waals surface area contributed by atoms with Crippen LogP contribution in [0.3, 0.4) is 0 Å². The minimum Gasteiger partial charge on any atom is -0.388 e. The number of fused-ring (bicyclic) bond motifs is 5. The summed E-state index contributed by atoms with van der Waals surface area (Å²) >= 11 is 0. The van der Waals surface area contributed by atoms with Crippen molar-refractivity contribution >= 4 is 10.8 Å². The zero-order valence-corrected chi connectivity index (χ0v) is 42.3. The van der Waals surface area contributed by atoms with E-state index < -0.39 is 28.6 Å². The summed E-state index contributed by atoms with van der Waals surface area (Å²) in [5.74, 6) is 6.62. The quantitative estimate of drug-likeness (QED) is 0.243. The summed E-state index contributed by atoms with van der Waals surface area (Å²) < 4.78 is 83.5. The lowest BCUT2D eigenvalue weighted by atomic mass is 9.82. The number of alkyl halides is 6. The van der Waals surface area contributed by atoms with Crippen LogP contribution in [0.4, 0.5) is 26.3 Å². The van der Waals surface area contributed by atoms with Gasteiger partial charge in [0, 0.05) is 37.5 Å². The Bertz CT molecular complexity index is 1020. The van der Waals surface area contributed by atoms with Gasteiger partial charge >= 0.3 is 12.4 Å². The summed E-state index contributed by atoms with van der Waals surface area (Å²) in [6.07, 6.45) is 1.97. The van der Waals surface area contributed by atoms with Gasteiger partial charge in [-0.3, -0.25) is 4.21 Å². The zero-order chi connectivity index (χ0) is 47.0. The Morgan fingerprint density at radius 2 is 0.825 bits per heavy atom. The molecule has 3 saturated carbocycles. The van der Waals surface area contributed by atoms with Crippen LogP contribution >= 0.6 is 0 Å². The molecule has 2 bridgehead atoms. The molecule has 2 nitrogen and oxygen atoms in total. The summed E-state index contributed by atoms with van der Waals surface area (Å²) in [5, 5.41) is 0. The van der Waals surface area contributed by atoms with Crippen LogP contribution in [0.25, 0.3) is 0 Å². The number of hydrogen-bond acceptors (Lipinski definition) is 2. The number of rotatable bonds is 0. The van der Waals surface area contributed by atoms with Crippen LogP contribution in [-0.4, -0.2) is 43.3 Å². The van der Waals surface area contributed by atoms with E-state index in [1.807, 2.05) is 13.8 Å². The van der Waals surface area contributed by atoms with Crippen molar-refractivity contribution in [3.05, 3.63) is 35.4 Å². The number of hydrogen-bond donors (Lipinski definition) is 0. The molecule has 3 aliphatic rings. The Morgan fingerprint density at radius 3 is 0.965 bits per heavy atom. The highest BCUT2D eigenvalue weighted by Crippen LogP contribution is 2.59. The summed E-state index contributed by atoms with van der Waals surface area (Å²) in [6.45, 7) is 39.7. The molecule has 0 radical (unpaired) electrons. The van der Waals surface area contributed by atoms with Gasteiger partial charge in [-0.25, -0.2) is 0 Å². The van der Waals surface area contributed by atoms with Crippen LogP contribution in [-0.2, 0) is 26.4 Å². The Balaban J connectivity index is -0.000000192. The predicted octanol–water partition coefficient (Wildman–Crippen LogP) is 16.9. The fraction of sp³-hybridized carbons (Fsp3) is 0.875. The van der Waals surface area contributed by atoms with Crippen LogP contribution in [0.2, 0.25) is 0 Å². The molecule has 4 atom stereocenters. The highest BCUT2D eigenvalue weighted by molar-refractivity contribution is 7.83. The van der Waals surface area contributed by atoms with Crippen molar-refractivity contribution in [2.75, 3.05) is 26.7 Å². The second kappa shape index (κ2) is 30.0. The van der Waals surface area contributed by atoms with E-state index in [4.69, 9.17) is 0 Å². The highest BCUT2D eigenvalue weighted by atomic mass is 32.2. The molecule has 0 aromatic heterocycles. The Hall–Kier alpha value is -1.09. The second-order valence-corrected chi connectivity index (χ2v) is 22.0. The molecule has 4 unspecified atom stereocenters. The van der Waals surface area contributed by atoms with Gasteiger partial charge in [-0.1, -0.05) is 155 Å². The van der Waals surface area contributed by atoms with Gasteiger partial charge in [-0.2, -0.15) is 26.3 Å². The molecule has 1 aromatic carbocycles. The number of benzene rings is 1. The monoisotopic (exact) mass is 849 g/mol. The van der Waals surface area contributed by atoms with E-state index in [-0.39, 0.29) is 24.7 Å². The lowest BCUT2D eigenvalue weighted by Crippen LogP contribution is -2.44. The van der Waals surface area contributed by atoms with Crippen molar-refractivity contribution in [3.8, 4) is 0 Å². The molecular weight excluding hydrogens is 755 g/mol. The standard InChI is InChI=1S/C14H22.C11H18.C5H6F6.C5H12.C4H10.C3H8.C2H6OS.C2H6O.C2H6/c1-13(2,3)11-7-9-12(10-8-11)14(4,5)6;1-7-4-10-8-2-3-9(6-8)11(10)5-7;1-3(2,4(6,7)8)5(9,10)11;1-5(2,3)4;1-4(2)3;1-3-2;1-4(2)3;1-3-2;1-2/h7-10H,1-6H3;7-11H,2-6H2,1H3;1-2H3;1-4H3;4H,1-3H3;3H2,1-2H3;1-2H3;1-2H3;1-2H3. The third kappa shape index (κ3) is 33.3. The fourth-order valence-electron chi connectivity index (χ4n) is 5.92. The van der Waals surface area contributed by atoms with E-state index in [9.17, 15) is 30.6 Å². The molecule has 4 rings (SSSR count). The van der Waals surface area contributed by atoms with Crippen molar-refractivity contribution < 1.29 is 35.3 Å². The van der Waals surface area contributed by atoms with Gasteiger partial charge in [0.25, 0.3) is 0 Å². The normalized spacial score (nSPS) is 20.8.